The number of carbonyl (C=O) groups excluding carboxylic acids is 4. The Balaban J connectivity index is 1.07. The van der Waals surface area contributed by atoms with Gasteiger partial charge in [0.05, 0.1) is 0 Å². The zero-order chi connectivity index (χ0) is 32.0. The molecule has 0 aliphatic heterocycles. The van der Waals surface area contributed by atoms with Crippen LogP contribution >= 0.6 is 0 Å². The normalized spacial score (nSPS) is 10.5. The zero-order valence-corrected chi connectivity index (χ0v) is 25.9. The molecule has 232 valence electrons. The number of rotatable bonds is 14. The summed E-state index contributed by atoms with van der Waals surface area (Å²) in [5.41, 5.74) is 4.03. The number of carbonyl (C=O) groups is 4. The average Bonchev–Trinajstić information content (AvgIpc) is 3.08. The van der Waals surface area contributed by atoms with E-state index in [4.69, 9.17) is 0 Å². The molecule has 0 saturated carbocycles. The third-order valence-electron chi connectivity index (χ3n) is 7.54. The van der Waals surface area contributed by atoms with E-state index in [1.54, 1.807) is 72.4 Å². The maximum absolute atomic E-state index is 12.7. The molecule has 0 bridgehead atoms. The van der Waals surface area contributed by atoms with Crippen molar-refractivity contribution < 1.29 is 19.2 Å². The van der Waals surface area contributed by atoms with Gasteiger partial charge < -0.3 is 20.4 Å². The Morgan fingerprint density at radius 2 is 0.800 bits per heavy atom. The number of nitrogens with one attached hydrogen (secondary N) is 2. The van der Waals surface area contributed by atoms with Gasteiger partial charge in [-0.25, -0.2) is 0 Å². The maximum atomic E-state index is 12.7. The fourth-order valence-electron chi connectivity index (χ4n) is 4.87. The molecule has 4 aromatic rings. The quantitative estimate of drug-likeness (QED) is 0.145. The summed E-state index contributed by atoms with van der Waals surface area (Å²) in [6.45, 7) is 0. The lowest BCUT2D eigenvalue weighted by molar-refractivity contribution is -0.117. The van der Waals surface area contributed by atoms with Crippen LogP contribution in [0.15, 0.2) is 109 Å². The first-order valence-corrected chi connectivity index (χ1v) is 15.3. The number of para-hydroxylation sites is 2. The van der Waals surface area contributed by atoms with Gasteiger partial charge in [-0.15, -0.1) is 0 Å². The smallest absolute Gasteiger partial charge is 0.258 e. The summed E-state index contributed by atoms with van der Waals surface area (Å²) in [6, 6.07) is 32.7. The average molecular weight is 605 g/mol. The van der Waals surface area contributed by atoms with Gasteiger partial charge in [0.15, 0.2) is 0 Å². The Morgan fingerprint density at radius 3 is 1.16 bits per heavy atom. The monoisotopic (exact) mass is 604 g/mol. The van der Waals surface area contributed by atoms with E-state index in [1.807, 2.05) is 60.7 Å². The Hall–Kier alpha value is -5.24. The molecule has 4 amide bonds. The molecule has 0 aliphatic carbocycles. The molecule has 0 atom stereocenters. The van der Waals surface area contributed by atoms with E-state index in [-0.39, 0.29) is 23.6 Å². The summed E-state index contributed by atoms with van der Waals surface area (Å²) in [5, 5.41) is 5.79. The Bertz CT molecular complexity index is 1440. The van der Waals surface area contributed by atoms with Crippen molar-refractivity contribution >= 4 is 46.4 Å². The van der Waals surface area contributed by atoms with Crippen LogP contribution in [0.25, 0.3) is 0 Å². The van der Waals surface area contributed by atoms with Crippen molar-refractivity contribution in [1.29, 1.82) is 0 Å². The van der Waals surface area contributed by atoms with Crippen molar-refractivity contribution in [3.8, 4) is 0 Å². The van der Waals surface area contributed by atoms with Crippen molar-refractivity contribution in [3.05, 3.63) is 120 Å². The minimum atomic E-state index is -0.119. The lowest BCUT2D eigenvalue weighted by Crippen LogP contribution is -2.26. The van der Waals surface area contributed by atoms with Crippen LogP contribution in [-0.4, -0.2) is 37.7 Å². The predicted octanol–water partition coefficient (Wildman–Crippen LogP) is 7.55. The zero-order valence-electron chi connectivity index (χ0n) is 25.9. The first kappa shape index (κ1) is 32.7. The van der Waals surface area contributed by atoms with E-state index in [1.165, 1.54) is 0 Å². The summed E-state index contributed by atoms with van der Waals surface area (Å²) >= 11 is 0. The molecule has 45 heavy (non-hydrogen) atoms. The molecular weight excluding hydrogens is 564 g/mol. The lowest BCUT2D eigenvalue weighted by atomic mass is 10.1. The third kappa shape index (κ3) is 9.89. The maximum Gasteiger partial charge on any atom is 0.258 e. The molecule has 0 aliphatic rings. The second-order valence-electron chi connectivity index (χ2n) is 10.9. The van der Waals surface area contributed by atoms with E-state index in [2.05, 4.69) is 10.6 Å². The van der Waals surface area contributed by atoms with Gasteiger partial charge >= 0.3 is 0 Å². The van der Waals surface area contributed by atoms with Crippen molar-refractivity contribution in [1.82, 2.24) is 0 Å². The standard InChI is InChI=1S/C37H40N4O4/c1-40(32-14-8-6-9-15-32)36(44)28-20-24-30(25-21-28)38-34(42)18-12-4-3-5-13-19-35(43)39-31-26-22-29(23-27-31)37(45)41(2)33-16-10-7-11-17-33/h6-11,14-17,20-27H,3-5,12-13,18-19H2,1-2H3,(H,38,42)(H,39,43). The SMILES string of the molecule is CN(C(=O)c1ccc(NC(=O)CCCCCCCC(=O)Nc2ccc(C(=O)N(C)c3ccccc3)cc2)cc1)c1ccccc1. The molecule has 8 heteroatoms. The second kappa shape index (κ2) is 16.6. The van der Waals surface area contributed by atoms with Gasteiger partial charge in [0.25, 0.3) is 11.8 Å². The van der Waals surface area contributed by atoms with Crippen LogP contribution in [0, 0.1) is 0 Å². The molecule has 0 heterocycles. The number of benzene rings is 4. The van der Waals surface area contributed by atoms with Gasteiger partial charge in [0, 0.05) is 60.8 Å². The fraction of sp³-hybridized carbons (Fsp3) is 0.243. The molecule has 0 radical (unpaired) electrons. The molecular formula is C37H40N4O4. The largest absolute Gasteiger partial charge is 0.326 e. The molecule has 8 nitrogen and oxygen atoms in total. The molecule has 0 saturated heterocycles. The van der Waals surface area contributed by atoms with Crippen molar-refractivity contribution in [2.75, 3.05) is 34.5 Å². The Morgan fingerprint density at radius 1 is 0.467 bits per heavy atom. The van der Waals surface area contributed by atoms with Crippen molar-refractivity contribution in [3.63, 3.8) is 0 Å². The predicted molar refractivity (Wildman–Crippen MR) is 181 cm³/mol. The second-order valence-corrected chi connectivity index (χ2v) is 10.9. The summed E-state index contributed by atoms with van der Waals surface area (Å²) < 4.78 is 0. The summed E-state index contributed by atoms with van der Waals surface area (Å²) in [4.78, 5) is 53.4. The van der Waals surface area contributed by atoms with Gasteiger partial charge in [-0.3, -0.25) is 19.2 Å². The summed E-state index contributed by atoms with van der Waals surface area (Å²) in [7, 11) is 3.47. The Kier molecular flexibility index (Phi) is 12.0. The lowest BCUT2D eigenvalue weighted by Gasteiger charge is -2.17. The van der Waals surface area contributed by atoms with E-state index in [0.29, 0.717) is 35.3 Å². The van der Waals surface area contributed by atoms with Crippen LogP contribution in [0.1, 0.15) is 65.7 Å². The van der Waals surface area contributed by atoms with E-state index < -0.39 is 0 Å². The van der Waals surface area contributed by atoms with Crippen LogP contribution in [0.3, 0.4) is 0 Å². The number of hydrogen-bond acceptors (Lipinski definition) is 4. The number of amides is 4. The molecule has 0 fully saturated rings. The van der Waals surface area contributed by atoms with Gasteiger partial charge in [0.1, 0.15) is 0 Å². The third-order valence-corrected chi connectivity index (χ3v) is 7.54. The fourth-order valence-corrected chi connectivity index (χ4v) is 4.87. The first-order chi connectivity index (χ1) is 21.8. The summed E-state index contributed by atoms with van der Waals surface area (Å²) in [5.74, 6) is -0.360. The van der Waals surface area contributed by atoms with Gasteiger partial charge in [-0.2, -0.15) is 0 Å². The van der Waals surface area contributed by atoms with Crippen LogP contribution in [0.2, 0.25) is 0 Å². The molecule has 0 spiro atoms. The van der Waals surface area contributed by atoms with E-state index in [0.717, 1.165) is 43.5 Å². The molecule has 2 N–H and O–H groups in total. The molecule has 0 unspecified atom stereocenters. The molecule has 4 aromatic carbocycles. The van der Waals surface area contributed by atoms with E-state index >= 15 is 0 Å². The molecule has 4 rings (SSSR count). The highest BCUT2D eigenvalue weighted by Crippen LogP contribution is 2.19. The van der Waals surface area contributed by atoms with Crippen LogP contribution in [0.5, 0.6) is 0 Å². The highest BCUT2D eigenvalue weighted by atomic mass is 16.2. The minimum Gasteiger partial charge on any atom is -0.326 e. The van der Waals surface area contributed by atoms with E-state index in [9.17, 15) is 19.2 Å². The molecule has 0 aromatic heterocycles. The number of unbranched alkanes of at least 4 members (excludes halogenated alkanes) is 4. The van der Waals surface area contributed by atoms with Crippen LogP contribution < -0.4 is 20.4 Å². The highest BCUT2D eigenvalue weighted by Gasteiger charge is 2.15. The number of anilines is 4. The van der Waals surface area contributed by atoms with Crippen molar-refractivity contribution in [2.45, 2.75) is 44.9 Å². The van der Waals surface area contributed by atoms with Crippen LogP contribution in [-0.2, 0) is 9.59 Å². The van der Waals surface area contributed by atoms with Gasteiger partial charge in [0.2, 0.25) is 11.8 Å². The highest BCUT2D eigenvalue weighted by molar-refractivity contribution is 6.06. The van der Waals surface area contributed by atoms with Gasteiger partial charge in [-0.05, 0) is 85.6 Å². The van der Waals surface area contributed by atoms with Crippen molar-refractivity contribution in [2.24, 2.45) is 0 Å². The van der Waals surface area contributed by atoms with Crippen LogP contribution in [0.4, 0.5) is 22.7 Å². The number of nitrogens with zero attached hydrogens (tertiary/aromatic N) is 2. The van der Waals surface area contributed by atoms with Gasteiger partial charge in [-0.1, -0.05) is 55.7 Å². The topological polar surface area (TPSA) is 98.8 Å². The summed E-state index contributed by atoms with van der Waals surface area (Å²) in [6.07, 6.45) is 5.11. The Labute approximate surface area is 265 Å². The first-order valence-electron chi connectivity index (χ1n) is 15.3. The number of hydrogen-bond donors (Lipinski definition) is 2. The minimum absolute atomic E-state index is 0.0608.